The molecule has 0 radical (unpaired) electrons. The summed E-state index contributed by atoms with van der Waals surface area (Å²) in [5.74, 6) is 0.626. The lowest BCUT2D eigenvalue weighted by Crippen LogP contribution is -2.35. The Morgan fingerprint density at radius 3 is 2.69 bits per heavy atom. The number of methoxy groups -OCH3 is 2. The molecule has 1 aromatic heterocycles. The largest absolute Gasteiger partial charge is 0.493 e. The number of nitrogens with one attached hydrogen (secondary N) is 1. The van der Waals surface area contributed by atoms with Gasteiger partial charge in [0, 0.05) is 25.4 Å². The number of aryl methyl sites for hydroxylation is 1. The second-order valence-electron chi connectivity index (χ2n) is 7.01. The van der Waals surface area contributed by atoms with E-state index in [-0.39, 0.29) is 5.96 Å². The van der Waals surface area contributed by atoms with Crippen molar-refractivity contribution in [2.24, 2.45) is 21.0 Å². The number of nitrogens with zero attached hydrogens (tertiary/aromatic N) is 6. The Kier molecular flexibility index (Phi) is 5.54. The quantitative estimate of drug-likeness (QED) is 0.711. The average molecular weight is 435 g/mol. The third-order valence-electron chi connectivity index (χ3n) is 4.80. The van der Waals surface area contributed by atoms with Crippen molar-refractivity contribution in [1.82, 2.24) is 14.8 Å². The summed E-state index contributed by atoms with van der Waals surface area (Å²) >= 11 is 0. The Labute approximate surface area is 183 Å². The second-order valence-corrected chi connectivity index (χ2v) is 7.01. The monoisotopic (exact) mass is 435 g/mol. The van der Waals surface area contributed by atoms with Crippen molar-refractivity contribution in [2.45, 2.75) is 6.92 Å². The maximum absolute atomic E-state index is 12.5. The molecule has 0 spiro atoms. The number of aliphatic imine (C=N–C) groups is 2. The number of anilines is 1. The molecule has 0 fully saturated rings. The van der Waals surface area contributed by atoms with Gasteiger partial charge in [0.15, 0.2) is 11.5 Å². The van der Waals surface area contributed by atoms with E-state index >= 15 is 0 Å². The maximum atomic E-state index is 12.5. The molecule has 1 aromatic carbocycles. The molecule has 32 heavy (non-hydrogen) atoms. The van der Waals surface area contributed by atoms with Crippen molar-refractivity contribution in [3.63, 3.8) is 0 Å². The lowest BCUT2D eigenvalue weighted by atomic mass is 10.1. The number of fused-ring (bicyclic) bond motifs is 1. The highest BCUT2D eigenvalue weighted by molar-refractivity contribution is 6.24. The average Bonchev–Trinajstić information content (AvgIpc) is 3.34. The fourth-order valence-electron chi connectivity index (χ4n) is 3.24. The van der Waals surface area contributed by atoms with Crippen LogP contribution >= 0.6 is 0 Å². The van der Waals surface area contributed by atoms with Gasteiger partial charge in [-0.2, -0.15) is 24.9 Å². The van der Waals surface area contributed by atoms with Gasteiger partial charge in [0.2, 0.25) is 5.91 Å². The van der Waals surface area contributed by atoms with Gasteiger partial charge < -0.3 is 14.8 Å². The number of carbonyl (C=O) groups excluding carboxylic acids is 2. The van der Waals surface area contributed by atoms with Gasteiger partial charge in [-0.15, -0.1) is 0 Å². The summed E-state index contributed by atoms with van der Waals surface area (Å²) in [6.45, 7) is 1.76. The third kappa shape index (κ3) is 4.00. The minimum atomic E-state index is -0.595. The molecule has 11 heteroatoms. The minimum absolute atomic E-state index is 0.0610. The van der Waals surface area contributed by atoms with Crippen molar-refractivity contribution >= 4 is 41.7 Å². The van der Waals surface area contributed by atoms with E-state index < -0.39 is 17.7 Å². The molecule has 1 N–H and O–H groups in total. The van der Waals surface area contributed by atoms with Gasteiger partial charge in [-0.05, 0) is 30.7 Å². The van der Waals surface area contributed by atoms with Crippen LogP contribution in [0.5, 0.6) is 11.5 Å². The lowest BCUT2D eigenvalue weighted by Gasteiger charge is -2.17. The normalized spacial score (nSPS) is 17.3. The molecule has 1 unspecified atom stereocenters. The van der Waals surface area contributed by atoms with Crippen molar-refractivity contribution in [3.05, 3.63) is 41.6 Å². The van der Waals surface area contributed by atoms with Crippen LogP contribution in [0.4, 0.5) is 5.82 Å². The lowest BCUT2D eigenvalue weighted by molar-refractivity contribution is -0.118. The zero-order valence-corrected chi connectivity index (χ0v) is 17.9. The molecule has 2 aliphatic rings. The van der Waals surface area contributed by atoms with Crippen molar-refractivity contribution in [1.29, 1.82) is 0 Å². The summed E-state index contributed by atoms with van der Waals surface area (Å²) in [6.07, 6.45) is 4.52. The van der Waals surface area contributed by atoms with Crippen LogP contribution in [-0.4, -0.2) is 65.9 Å². The molecular formula is C21H21N7O4. The summed E-state index contributed by atoms with van der Waals surface area (Å²) in [5.41, 5.74) is 1.38. The minimum Gasteiger partial charge on any atom is -0.493 e. The summed E-state index contributed by atoms with van der Waals surface area (Å²) in [6, 6.07) is 6.97. The predicted molar refractivity (Wildman–Crippen MR) is 119 cm³/mol. The number of amidine groups is 1. The van der Waals surface area contributed by atoms with Crippen LogP contribution in [0, 0.1) is 12.8 Å². The van der Waals surface area contributed by atoms with Gasteiger partial charge >= 0.3 is 0 Å². The molecule has 1 atom stereocenters. The summed E-state index contributed by atoms with van der Waals surface area (Å²) in [5, 5.41) is 12.6. The number of benzene rings is 1. The van der Waals surface area contributed by atoms with E-state index in [2.05, 4.69) is 25.5 Å². The maximum Gasteiger partial charge on any atom is 0.265 e. The Hall–Kier alpha value is -4.28. The number of hydrogen-bond acceptors (Lipinski definition) is 8. The van der Waals surface area contributed by atoms with Gasteiger partial charge in [-0.3, -0.25) is 14.6 Å². The fraction of sp³-hybridized carbons (Fsp3) is 0.238. The van der Waals surface area contributed by atoms with E-state index in [1.54, 1.807) is 58.5 Å². The molecule has 0 saturated heterocycles. The molecule has 164 valence electrons. The van der Waals surface area contributed by atoms with E-state index in [0.29, 0.717) is 28.8 Å². The van der Waals surface area contributed by atoms with Crippen LogP contribution in [-0.2, 0) is 9.59 Å². The van der Waals surface area contributed by atoms with Crippen molar-refractivity contribution in [3.8, 4) is 11.5 Å². The Bertz CT molecular complexity index is 1210. The first-order valence-electron chi connectivity index (χ1n) is 9.66. The number of rotatable bonds is 5. The van der Waals surface area contributed by atoms with Gasteiger partial charge in [-0.1, -0.05) is 6.07 Å². The van der Waals surface area contributed by atoms with Crippen molar-refractivity contribution in [2.75, 3.05) is 26.6 Å². The molecule has 3 heterocycles. The number of hydrogen-bond donors (Lipinski definition) is 1. The number of hydrazone groups is 1. The zero-order chi connectivity index (χ0) is 22.8. The van der Waals surface area contributed by atoms with E-state index in [0.717, 1.165) is 5.56 Å². The Morgan fingerprint density at radius 1 is 1.16 bits per heavy atom. The van der Waals surface area contributed by atoms with Gasteiger partial charge in [0.05, 0.1) is 19.9 Å². The van der Waals surface area contributed by atoms with Gasteiger partial charge in [-0.25, -0.2) is 0 Å². The third-order valence-corrected chi connectivity index (χ3v) is 4.80. The van der Waals surface area contributed by atoms with E-state index in [9.17, 15) is 9.59 Å². The van der Waals surface area contributed by atoms with Gasteiger partial charge in [0.1, 0.15) is 17.6 Å². The van der Waals surface area contributed by atoms with Gasteiger partial charge in [0.25, 0.3) is 11.9 Å². The summed E-state index contributed by atoms with van der Waals surface area (Å²) in [4.78, 5) is 33.3. The summed E-state index contributed by atoms with van der Waals surface area (Å²) < 4.78 is 11.8. The van der Waals surface area contributed by atoms with Crippen LogP contribution < -0.4 is 14.8 Å². The smallest absolute Gasteiger partial charge is 0.265 e. The highest BCUT2D eigenvalue weighted by atomic mass is 16.5. The van der Waals surface area contributed by atoms with Crippen molar-refractivity contribution < 1.29 is 19.1 Å². The highest BCUT2D eigenvalue weighted by Gasteiger charge is 2.35. The number of ether oxygens (including phenoxy) is 2. The molecule has 2 aromatic rings. The molecule has 2 aliphatic heterocycles. The molecule has 11 nitrogen and oxygen atoms in total. The second kappa shape index (κ2) is 8.46. The van der Waals surface area contributed by atoms with Crippen LogP contribution in [0.1, 0.15) is 11.3 Å². The van der Waals surface area contributed by atoms with Crippen LogP contribution in [0.3, 0.4) is 0 Å². The molecule has 0 bridgehead atoms. The molecule has 4 rings (SSSR count). The van der Waals surface area contributed by atoms with Crippen LogP contribution in [0.25, 0.3) is 6.08 Å². The van der Waals surface area contributed by atoms with Crippen LogP contribution in [0.2, 0.25) is 0 Å². The topological polar surface area (TPSA) is 123 Å². The van der Waals surface area contributed by atoms with E-state index in [1.165, 1.54) is 22.0 Å². The number of aromatic nitrogens is 2. The molecule has 0 aliphatic carbocycles. The first kappa shape index (κ1) is 21.0. The SMILES string of the molecule is COc1ccc(/C=C\C(=O)Nc2cc(C)nn2C2=NC(=O)C3C=NN(C)C3=N2)cc1OC. The molecular weight excluding hydrogens is 414 g/mol. The zero-order valence-electron chi connectivity index (χ0n) is 17.9. The fourth-order valence-corrected chi connectivity index (χ4v) is 3.24. The first-order chi connectivity index (χ1) is 15.4. The molecule has 0 saturated carbocycles. The first-order valence-corrected chi connectivity index (χ1v) is 9.66. The predicted octanol–water partition coefficient (Wildman–Crippen LogP) is 1.55. The Balaban J connectivity index is 1.54. The number of carbonyl (C=O) groups is 2. The van der Waals surface area contributed by atoms with E-state index in [1.807, 2.05) is 0 Å². The number of amides is 2. The summed E-state index contributed by atoms with van der Waals surface area (Å²) in [7, 11) is 4.79. The van der Waals surface area contributed by atoms with E-state index in [4.69, 9.17) is 9.47 Å². The molecule has 2 amide bonds. The highest BCUT2D eigenvalue weighted by Crippen LogP contribution is 2.28. The Morgan fingerprint density at radius 2 is 1.94 bits per heavy atom. The standard InChI is InChI=1S/C21H21N7O4/c1-12-9-17(23-18(29)8-6-13-5-7-15(31-3)16(10-13)32-4)28(26-12)21-24-19-14(20(30)25-21)11-22-27(19)2/h5-11,14H,1-4H3,(H,23,29)/b8-6-. The van der Waals surface area contributed by atoms with Crippen LogP contribution in [0.15, 0.2) is 45.4 Å².